The monoisotopic (exact) mass is 309 g/mol. The third-order valence-corrected chi connectivity index (χ3v) is 5.65. The Morgan fingerprint density at radius 3 is 2.71 bits per heavy atom. The van der Waals surface area contributed by atoms with Crippen LogP contribution in [0.2, 0.25) is 0 Å². The van der Waals surface area contributed by atoms with Gasteiger partial charge in [0.25, 0.3) is 10.0 Å². The Balaban J connectivity index is 2.00. The third kappa shape index (κ3) is 2.78. The van der Waals surface area contributed by atoms with Gasteiger partial charge in [0.1, 0.15) is 11.5 Å². The van der Waals surface area contributed by atoms with Gasteiger partial charge < -0.3 is 8.83 Å². The molecule has 2 aromatic rings. The van der Waals surface area contributed by atoms with Crippen molar-refractivity contribution in [1.29, 1.82) is 0 Å². The predicted molar refractivity (Wildman–Crippen MR) is 77.3 cm³/mol. The van der Waals surface area contributed by atoms with E-state index in [2.05, 4.69) is 0 Å². The predicted octanol–water partition coefficient (Wildman–Crippen LogP) is 3.49. The van der Waals surface area contributed by atoms with Crippen LogP contribution < -0.4 is 0 Å². The molecule has 114 valence electrons. The van der Waals surface area contributed by atoms with E-state index >= 15 is 0 Å². The number of nitrogens with zero attached hydrogens (tertiary/aromatic N) is 1. The van der Waals surface area contributed by atoms with Crippen LogP contribution in [0, 0.1) is 6.92 Å². The van der Waals surface area contributed by atoms with E-state index in [4.69, 9.17) is 8.83 Å². The summed E-state index contributed by atoms with van der Waals surface area (Å²) in [6.07, 6.45) is 5.04. The molecule has 6 heteroatoms. The molecule has 0 radical (unpaired) electrons. The van der Waals surface area contributed by atoms with E-state index in [-0.39, 0.29) is 11.1 Å². The summed E-state index contributed by atoms with van der Waals surface area (Å²) < 4.78 is 37.9. The van der Waals surface area contributed by atoms with Gasteiger partial charge in [-0.05, 0) is 44.0 Å². The first-order chi connectivity index (χ1) is 10.1. The summed E-state index contributed by atoms with van der Waals surface area (Å²) in [5.41, 5.74) is 0. The van der Waals surface area contributed by atoms with Crippen LogP contribution in [0.15, 0.2) is 44.5 Å². The number of sulfonamides is 1. The fourth-order valence-corrected chi connectivity index (χ4v) is 4.38. The van der Waals surface area contributed by atoms with Crippen molar-refractivity contribution >= 4 is 10.0 Å². The normalized spacial score (nSPS) is 21.3. The average molecular weight is 309 g/mol. The molecule has 3 rings (SSSR count). The van der Waals surface area contributed by atoms with E-state index in [1.54, 1.807) is 6.07 Å². The zero-order valence-electron chi connectivity index (χ0n) is 12.0. The van der Waals surface area contributed by atoms with Crippen LogP contribution in [0.25, 0.3) is 0 Å². The second-order valence-electron chi connectivity index (χ2n) is 5.36. The van der Waals surface area contributed by atoms with Crippen molar-refractivity contribution in [2.75, 3.05) is 6.54 Å². The maximum atomic E-state index is 12.8. The highest BCUT2D eigenvalue weighted by molar-refractivity contribution is 7.89. The Morgan fingerprint density at radius 1 is 1.19 bits per heavy atom. The largest absolute Gasteiger partial charge is 0.465 e. The lowest BCUT2D eigenvalue weighted by Gasteiger charge is -2.26. The summed E-state index contributed by atoms with van der Waals surface area (Å²) in [4.78, 5) is 0. The van der Waals surface area contributed by atoms with Gasteiger partial charge in [0.15, 0.2) is 0 Å². The van der Waals surface area contributed by atoms with E-state index in [0.717, 1.165) is 31.4 Å². The highest BCUT2D eigenvalue weighted by Gasteiger charge is 2.36. The lowest BCUT2D eigenvalue weighted by atomic mass is 10.1. The van der Waals surface area contributed by atoms with Crippen LogP contribution in [-0.2, 0) is 10.0 Å². The van der Waals surface area contributed by atoms with E-state index < -0.39 is 10.0 Å². The molecular formula is C15H19NO4S. The van der Waals surface area contributed by atoms with Gasteiger partial charge in [-0.1, -0.05) is 12.8 Å². The Labute approximate surface area is 124 Å². The first kappa shape index (κ1) is 14.4. The van der Waals surface area contributed by atoms with E-state index in [9.17, 15) is 8.42 Å². The fourth-order valence-electron chi connectivity index (χ4n) is 2.81. The van der Waals surface area contributed by atoms with Gasteiger partial charge in [0.2, 0.25) is 5.09 Å². The van der Waals surface area contributed by atoms with E-state index in [0.29, 0.717) is 12.3 Å². The summed E-state index contributed by atoms with van der Waals surface area (Å²) in [6.45, 7) is 2.36. The number of aryl methyl sites for hydroxylation is 1. The molecule has 1 aliphatic rings. The van der Waals surface area contributed by atoms with Gasteiger partial charge in [-0.25, -0.2) is 8.42 Å². The molecular weight excluding hydrogens is 290 g/mol. The van der Waals surface area contributed by atoms with Crippen molar-refractivity contribution in [3.8, 4) is 0 Å². The molecule has 1 aliphatic heterocycles. The van der Waals surface area contributed by atoms with Crippen molar-refractivity contribution in [3.05, 3.63) is 42.0 Å². The number of hydrogen-bond acceptors (Lipinski definition) is 4. The van der Waals surface area contributed by atoms with Gasteiger partial charge in [-0.15, -0.1) is 0 Å². The minimum atomic E-state index is -3.62. The molecule has 1 fully saturated rings. The molecule has 0 amide bonds. The van der Waals surface area contributed by atoms with Crippen LogP contribution in [-0.4, -0.2) is 19.3 Å². The van der Waals surface area contributed by atoms with Gasteiger partial charge >= 0.3 is 0 Å². The highest BCUT2D eigenvalue weighted by atomic mass is 32.2. The Morgan fingerprint density at radius 2 is 2.05 bits per heavy atom. The minimum absolute atomic E-state index is 0.00215. The molecule has 0 aromatic carbocycles. The van der Waals surface area contributed by atoms with Crippen molar-refractivity contribution in [2.24, 2.45) is 0 Å². The van der Waals surface area contributed by atoms with Crippen LogP contribution in [0.1, 0.15) is 43.2 Å². The van der Waals surface area contributed by atoms with Crippen LogP contribution >= 0.6 is 0 Å². The molecule has 5 nitrogen and oxygen atoms in total. The molecule has 1 saturated heterocycles. The number of rotatable bonds is 3. The minimum Gasteiger partial charge on any atom is -0.465 e. The van der Waals surface area contributed by atoms with Gasteiger partial charge in [0, 0.05) is 6.54 Å². The van der Waals surface area contributed by atoms with Gasteiger partial charge in [-0.2, -0.15) is 4.31 Å². The molecule has 2 aromatic heterocycles. The summed E-state index contributed by atoms with van der Waals surface area (Å²) in [5.74, 6) is 1.51. The zero-order valence-corrected chi connectivity index (χ0v) is 12.8. The molecule has 1 atom stereocenters. The van der Waals surface area contributed by atoms with E-state index in [1.165, 1.54) is 16.6 Å². The molecule has 3 heterocycles. The smallest absolute Gasteiger partial charge is 0.277 e. The summed E-state index contributed by atoms with van der Waals surface area (Å²) in [5, 5.41) is -0.00215. The summed E-state index contributed by atoms with van der Waals surface area (Å²) in [6, 6.07) is 6.58. The van der Waals surface area contributed by atoms with Crippen molar-refractivity contribution in [3.63, 3.8) is 0 Å². The van der Waals surface area contributed by atoms with E-state index in [1.807, 2.05) is 19.1 Å². The quantitative estimate of drug-likeness (QED) is 0.870. The van der Waals surface area contributed by atoms with Crippen molar-refractivity contribution in [2.45, 2.75) is 43.7 Å². The summed E-state index contributed by atoms with van der Waals surface area (Å²) in [7, 11) is -3.62. The molecule has 0 aliphatic carbocycles. The van der Waals surface area contributed by atoms with Crippen LogP contribution in [0.4, 0.5) is 0 Å². The third-order valence-electron chi connectivity index (χ3n) is 3.85. The Hall–Kier alpha value is -1.53. The molecule has 1 unspecified atom stereocenters. The molecule has 21 heavy (non-hydrogen) atoms. The first-order valence-electron chi connectivity index (χ1n) is 7.21. The SMILES string of the molecule is Cc1ccc(C2CCCCCN2S(=O)(=O)c2ccco2)o1. The first-order valence-corrected chi connectivity index (χ1v) is 8.65. The molecule has 0 N–H and O–H groups in total. The number of furan rings is 2. The van der Waals surface area contributed by atoms with Gasteiger partial charge in [0.05, 0.1) is 12.3 Å². The second-order valence-corrected chi connectivity index (χ2v) is 7.18. The topological polar surface area (TPSA) is 63.7 Å². The Kier molecular flexibility index (Phi) is 3.91. The fraction of sp³-hybridized carbons (Fsp3) is 0.467. The van der Waals surface area contributed by atoms with Crippen LogP contribution in [0.3, 0.4) is 0 Å². The number of hydrogen-bond donors (Lipinski definition) is 0. The summed E-state index contributed by atoms with van der Waals surface area (Å²) >= 11 is 0. The van der Waals surface area contributed by atoms with Gasteiger partial charge in [-0.3, -0.25) is 0 Å². The molecule has 0 spiro atoms. The second kappa shape index (κ2) is 5.69. The lowest BCUT2D eigenvalue weighted by Crippen LogP contribution is -2.34. The maximum absolute atomic E-state index is 12.8. The van der Waals surface area contributed by atoms with Crippen molar-refractivity contribution < 1.29 is 17.3 Å². The van der Waals surface area contributed by atoms with Crippen molar-refractivity contribution in [1.82, 2.24) is 4.31 Å². The maximum Gasteiger partial charge on any atom is 0.277 e. The molecule has 0 bridgehead atoms. The molecule has 0 saturated carbocycles. The standard InChI is InChI=1S/C15H19NO4S/c1-12-8-9-14(20-12)13-6-3-2-4-10-16(13)21(17,18)15-7-5-11-19-15/h5,7-9,11,13H,2-4,6,10H2,1H3. The average Bonchev–Trinajstić information content (AvgIpc) is 3.06. The lowest BCUT2D eigenvalue weighted by molar-refractivity contribution is 0.275. The van der Waals surface area contributed by atoms with Crippen LogP contribution in [0.5, 0.6) is 0 Å². The Bertz CT molecular complexity index is 687. The zero-order chi connectivity index (χ0) is 14.9. The highest BCUT2D eigenvalue weighted by Crippen LogP contribution is 2.35.